The molecule has 4 aromatic rings. The number of benzene rings is 2. The maximum atomic E-state index is 12.9. The minimum absolute atomic E-state index is 0.0650. The molecule has 0 aliphatic carbocycles. The summed E-state index contributed by atoms with van der Waals surface area (Å²) in [4.78, 5) is 35.5. The van der Waals surface area contributed by atoms with E-state index in [4.69, 9.17) is 25.4 Å². The van der Waals surface area contributed by atoms with E-state index in [2.05, 4.69) is 25.4 Å². The van der Waals surface area contributed by atoms with Gasteiger partial charge in [0, 0.05) is 31.1 Å². The van der Waals surface area contributed by atoms with E-state index in [-0.39, 0.29) is 42.1 Å². The molecule has 4 rings (SSSR count). The minimum atomic E-state index is -0.791. The Hall–Kier alpha value is -5.11. The summed E-state index contributed by atoms with van der Waals surface area (Å²) < 4.78 is 29.8. The lowest BCUT2D eigenvalue weighted by Gasteiger charge is -2.21. The van der Waals surface area contributed by atoms with Crippen molar-refractivity contribution in [1.82, 2.24) is 24.7 Å². The van der Waals surface area contributed by atoms with Crippen LogP contribution in [-0.4, -0.2) is 56.9 Å². The van der Waals surface area contributed by atoms with Gasteiger partial charge in [0.05, 0.1) is 25.9 Å². The van der Waals surface area contributed by atoms with Crippen molar-refractivity contribution in [3.05, 3.63) is 87.9 Å². The van der Waals surface area contributed by atoms with Crippen LogP contribution in [0.4, 0.5) is 10.1 Å². The molecule has 13 nitrogen and oxygen atoms in total. The Kier molecular flexibility index (Phi) is 8.81. The lowest BCUT2D eigenvalue weighted by atomic mass is 10.0. The third-order valence-corrected chi connectivity index (χ3v) is 5.53. The van der Waals surface area contributed by atoms with Crippen molar-refractivity contribution < 1.29 is 23.4 Å². The highest BCUT2D eigenvalue weighted by Crippen LogP contribution is 2.31. The maximum Gasteiger partial charge on any atom is 0.350 e. The number of hydrogen-bond donors (Lipinski definition) is 4. The van der Waals surface area contributed by atoms with Crippen molar-refractivity contribution in [3.8, 4) is 17.4 Å². The van der Waals surface area contributed by atoms with Crippen molar-refractivity contribution in [1.29, 1.82) is 5.41 Å². The number of nitrogens with two attached hydrogens (primary N) is 1. The molecule has 2 aromatic carbocycles. The van der Waals surface area contributed by atoms with Crippen molar-refractivity contribution in [2.75, 3.05) is 25.7 Å². The number of aromatic amines is 1. The second kappa shape index (κ2) is 12.6. The van der Waals surface area contributed by atoms with Gasteiger partial charge in [0.15, 0.2) is 5.82 Å². The van der Waals surface area contributed by atoms with Gasteiger partial charge in [-0.05, 0) is 41.5 Å². The summed E-state index contributed by atoms with van der Waals surface area (Å²) in [6.45, 7) is 0.665. The first-order chi connectivity index (χ1) is 19.3. The number of halogens is 1. The molecule has 2 aromatic heterocycles. The van der Waals surface area contributed by atoms with Crippen LogP contribution in [0.1, 0.15) is 35.5 Å². The molecule has 208 valence electrons. The summed E-state index contributed by atoms with van der Waals surface area (Å²) in [5, 5.41) is 15.5. The van der Waals surface area contributed by atoms with E-state index in [0.29, 0.717) is 22.6 Å². The molecule has 0 saturated carbocycles. The molecule has 0 bridgehead atoms. The normalized spacial score (nSPS) is 11.6. The van der Waals surface area contributed by atoms with Crippen molar-refractivity contribution in [3.63, 3.8) is 0 Å². The highest BCUT2D eigenvalue weighted by atomic mass is 19.1. The van der Waals surface area contributed by atoms with E-state index < -0.39 is 24.4 Å². The number of amidine groups is 1. The van der Waals surface area contributed by atoms with Gasteiger partial charge < -0.3 is 25.3 Å². The van der Waals surface area contributed by atoms with Gasteiger partial charge in [-0.3, -0.25) is 15.2 Å². The number of carbonyl (C=O) groups is 1. The van der Waals surface area contributed by atoms with E-state index in [9.17, 15) is 14.0 Å². The number of H-pyrrole nitrogens is 1. The molecule has 2 heterocycles. The minimum Gasteiger partial charge on any atom is -0.497 e. The number of nitrogen functional groups attached to an aromatic ring is 1. The van der Waals surface area contributed by atoms with Crippen molar-refractivity contribution in [2.45, 2.75) is 19.6 Å². The number of aromatic nitrogens is 5. The van der Waals surface area contributed by atoms with Gasteiger partial charge in [-0.1, -0.05) is 6.07 Å². The molecule has 0 amide bonds. The number of alkyl halides is 1. The number of methoxy groups -OCH3 is 1. The Morgan fingerprint density at radius 1 is 1.23 bits per heavy atom. The number of carbonyl (C=O) groups excluding carboxylic acids is 1. The molecule has 0 aliphatic rings. The Labute approximate surface area is 227 Å². The number of rotatable bonds is 12. The van der Waals surface area contributed by atoms with Crippen LogP contribution < -0.4 is 26.2 Å². The SMILES string of the molecule is COc1cc(COCCF)cc([C@H](Nc2ccc(C(=N)N)c(OC(C)=O)c2)c2nn(-c3ncccn3)c(=O)[nH]2)c1. The highest BCUT2D eigenvalue weighted by molar-refractivity contribution is 5.98. The Morgan fingerprint density at radius 2 is 2.00 bits per heavy atom. The number of esters is 1. The van der Waals surface area contributed by atoms with Gasteiger partial charge in [0.1, 0.15) is 30.1 Å². The van der Waals surface area contributed by atoms with Gasteiger partial charge in [-0.25, -0.2) is 19.2 Å². The molecule has 0 aliphatic heterocycles. The first-order valence-electron chi connectivity index (χ1n) is 12.0. The molecule has 0 spiro atoms. The lowest BCUT2D eigenvalue weighted by molar-refractivity contribution is -0.131. The smallest absolute Gasteiger partial charge is 0.350 e. The topological polar surface area (TPSA) is 183 Å². The fraction of sp³-hybridized carbons (Fsp3) is 0.231. The van der Waals surface area contributed by atoms with Gasteiger partial charge in [-0.2, -0.15) is 0 Å². The van der Waals surface area contributed by atoms with Crippen LogP contribution in [0.5, 0.6) is 11.5 Å². The van der Waals surface area contributed by atoms with Crippen LogP contribution in [-0.2, 0) is 16.1 Å². The first kappa shape index (κ1) is 27.9. The fourth-order valence-electron chi connectivity index (χ4n) is 3.86. The summed E-state index contributed by atoms with van der Waals surface area (Å²) in [5.41, 5.74) is 7.06. The van der Waals surface area contributed by atoms with Crippen LogP contribution in [0.3, 0.4) is 0 Å². The summed E-state index contributed by atoms with van der Waals surface area (Å²) in [6, 6.07) is 10.8. The number of nitrogens with one attached hydrogen (secondary N) is 3. The van der Waals surface area contributed by atoms with E-state index in [0.717, 1.165) is 4.68 Å². The molecular weight excluding hydrogens is 523 g/mol. The summed E-state index contributed by atoms with van der Waals surface area (Å²) in [7, 11) is 1.50. The van der Waals surface area contributed by atoms with Crippen LogP contribution in [0.25, 0.3) is 5.95 Å². The third kappa shape index (κ3) is 6.66. The Balaban J connectivity index is 1.82. The molecule has 40 heavy (non-hydrogen) atoms. The first-order valence-corrected chi connectivity index (χ1v) is 12.0. The van der Waals surface area contributed by atoms with Gasteiger partial charge in [-0.15, -0.1) is 9.78 Å². The van der Waals surface area contributed by atoms with Crippen LogP contribution in [0, 0.1) is 5.41 Å². The summed E-state index contributed by atoms with van der Waals surface area (Å²) in [6.07, 6.45) is 2.97. The number of hydrogen-bond acceptors (Lipinski definition) is 10. The Morgan fingerprint density at radius 3 is 2.67 bits per heavy atom. The van der Waals surface area contributed by atoms with Gasteiger partial charge in [0.25, 0.3) is 5.95 Å². The van der Waals surface area contributed by atoms with E-state index >= 15 is 0 Å². The maximum absolute atomic E-state index is 12.9. The third-order valence-electron chi connectivity index (χ3n) is 5.53. The second-order valence-electron chi connectivity index (χ2n) is 8.43. The van der Waals surface area contributed by atoms with Gasteiger partial charge in [0.2, 0.25) is 0 Å². The van der Waals surface area contributed by atoms with E-state index in [1.807, 2.05) is 0 Å². The highest BCUT2D eigenvalue weighted by Gasteiger charge is 2.23. The zero-order valence-electron chi connectivity index (χ0n) is 21.7. The van der Waals surface area contributed by atoms with Crippen LogP contribution in [0.2, 0.25) is 0 Å². The largest absolute Gasteiger partial charge is 0.497 e. The van der Waals surface area contributed by atoms with E-state index in [1.54, 1.807) is 30.3 Å². The quantitative estimate of drug-likeness (QED) is 0.0671. The number of ether oxygens (including phenoxy) is 3. The average molecular weight is 551 g/mol. The Bertz CT molecular complexity index is 1560. The van der Waals surface area contributed by atoms with Crippen molar-refractivity contribution >= 4 is 17.5 Å². The number of nitrogens with zero attached hydrogens (tertiary/aromatic N) is 4. The molecule has 0 radical (unpaired) electrons. The zero-order chi connectivity index (χ0) is 28.6. The molecule has 0 fully saturated rings. The lowest BCUT2D eigenvalue weighted by Crippen LogP contribution is -2.18. The van der Waals surface area contributed by atoms with E-state index in [1.165, 1.54) is 38.6 Å². The van der Waals surface area contributed by atoms with Crippen LogP contribution >= 0.6 is 0 Å². The molecular formula is C26H27FN8O5. The van der Waals surface area contributed by atoms with Crippen LogP contribution in [0.15, 0.2) is 59.7 Å². The van der Waals surface area contributed by atoms with Gasteiger partial charge >= 0.3 is 11.7 Å². The summed E-state index contributed by atoms with van der Waals surface area (Å²) >= 11 is 0. The summed E-state index contributed by atoms with van der Waals surface area (Å²) in [5.74, 6) is -0.0345. The zero-order valence-corrected chi connectivity index (χ0v) is 21.7. The standard InChI is InChI=1S/C26H27FN8O5/c1-15(36)40-21-13-18(4-5-20(21)23(28)29)32-22(17-10-16(14-39-9-6-27)11-19(12-17)38-2)24-33-26(37)35(34-24)25-30-7-3-8-31-25/h3-5,7-8,10-13,22,32H,6,9,14H2,1-2H3,(H3,28,29)(H,33,34,37)/t22-/m0/s1. The average Bonchev–Trinajstić information content (AvgIpc) is 3.32. The predicted molar refractivity (Wildman–Crippen MR) is 143 cm³/mol. The second-order valence-corrected chi connectivity index (χ2v) is 8.43. The molecule has 0 unspecified atom stereocenters. The molecule has 0 saturated heterocycles. The monoisotopic (exact) mass is 550 g/mol. The fourth-order valence-corrected chi connectivity index (χ4v) is 3.86. The number of anilines is 1. The predicted octanol–water partition coefficient (Wildman–Crippen LogP) is 2.26. The van der Waals surface area contributed by atoms with Crippen molar-refractivity contribution in [2.24, 2.45) is 5.73 Å². The molecule has 14 heteroatoms. The molecule has 5 N–H and O–H groups in total. The molecule has 1 atom stereocenters.